The summed E-state index contributed by atoms with van der Waals surface area (Å²) in [5, 5.41) is 0. The summed E-state index contributed by atoms with van der Waals surface area (Å²) in [4.78, 5) is 7.89. The molecule has 17 heavy (non-hydrogen) atoms. The molecule has 0 aliphatic rings. The van der Waals surface area contributed by atoms with E-state index in [-0.39, 0.29) is 13.8 Å². The van der Waals surface area contributed by atoms with Crippen molar-refractivity contribution >= 4 is 11.0 Å². The van der Waals surface area contributed by atoms with Crippen LogP contribution >= 0.6 is 0 Å². The molecule has 0 amide bonds. The molecule has 3 heteroatoms. The van der Waals surface area contributed by atoms with Gasteiger partial charge in [-0.1, -0.05) is 42.5 Å². The van der Waals surface area contributed by atoms with Gasteiger partial charge in [-0.05, 0) is 17.7 Å². The highest BCUT2D eigenvalue weighted by Gasteiger charge is 2.02. The second kappa shape index (κ2) is 5.02. The zero-order chi connectivity index (χ0) is 10.8. The van der Waals surface area contributed by atoms with Gasteiger partial charge < -0.3 is 17.4 Å². The molecule has 86 valence electrons. The molecule has 0 saturated carbocycles. The Hall–Kier alpha value is -1.80. The molecule has 1 heterocycles. The summed E-state index contributed by atoms with van der Waals surface area (Å²) in [7, 11) is 0. The largest absolute Gasteiger partial charge is 1.00 e. The van der Waals surface area contributed by atoms with E-state index in [4.69, 9.17) is 0 Å². The van der Waals surface area contributed by atoms with Gasteiger partial charge in [-0.15, -0.1) is 0 Å². The number of nitrogens with zero attached hydrogens (tertiary/aromatic N) is 1. The lowest BCUT2D eigenvalue weighted by Crippen LogP contribution is -3.00. The SMILES string of the molecule is [Cl-].[H+].c1ccc(Cc2nc3ccccc3[nH]2)cc1. The van der Waals surface area contributed by atoms with Crippen molar-refractivity contribution in [2.75, 3.05) is 0 Å². The summed E-state index contributed by atoms with van der Waals surface area (Å²) in [5.41, 5.74) is 3.42. The average Bonchev–Trinajstić information content (AvgIpc) is 2.72. The van der Waals surface area contributed by atoms with Crippen LogP contribution in [-0.4, -0.2) is 9.97 Å². The monoisotopic (exact) mass is 244 g/mol. The zero-order valence-electron chi connectivity index (χ0n) is 10.2. The van der Waals surface area contributed by atoms with Gasteiger partial charge >= 0.3 is 1.43 Å². The number of imidazole rings is 1. The fraction of sp³-hybridized carbons (Fsp3) is 0.0714. The molecular formula is C14H13ClN2. The van der Waals surface area contributed by atoms with Gasteiger partial charge in [-0.3, -0.25) is 0 Å². The molecule has 0 spiro atoms. The molecule has 1 aromatic heterocycles. The van der Waals surface area contributed by atoms with E-state index in [0.717, 1.165) is 23.3 Å². The zero-order valence-corrected chi connectivity index (χ0v) is 9.98. The molecule has 2 nitrogen and oxygen atoms in total. The number of aromatic nitrogens is 2. The first-order valence-corrected chi connectivity index (χ1v) is 5.39. The minimum Gasteiger partial charge on any atom is -1.00 e. The summed E-state index contributed by atoms with van der Waals surface area (Å²) in [5.74, 6) is 1.02. The van der Waals surface area contributed by atoms with E-state index < -0.39 is 0 Å². The highest BCUT2D eigenvalue weighted by Crippen LogP contribution is 2.13. The number of halogens is 1. The molecule has 0 atom stereocenters. The maximum Gasteiger partial charge on any atom is 1.00 e. The topological polar surface area (TPSA) is 28.7 Å². The maximum atomic E-state index is 4.55. The highest BCUT2D eigenvalue weighted by molar-refractivity contribution is 5.74. The van der Waals surface area contributed by atoms with Crippen LogP contribution < -0.4 is 12.4 Å². The van der Waals surface area contributed by atoms with Crippen LogP contribution in [0.5, 0.6) is 0 Å². The summed E-state index contributed by atoms with van der Waals surface area (Å²) in [6.07, 6.45) is 0.857. The molecule has 2 aromatic carbocycles. The Morgan fingerprint density at radius 2 is 1.65 bits per heavy atom. The quantitative estimate of drug-likeness (QED) is 0.689. The van der Waals surface area contributed by atoms with Gasteiger partial charge in [-0.2, -0.15) is 0 Å². The van der Waals surface area contributed by atoms with Gasteiger partial charge in [0, 0.05) is 6.42 Å². The van der Waals surface area contributed by atoms with Crippen molar-refractivity contribution in [2.45, 2.75) is 6.42 Å². The van der Waals surface area contributed by atoms with Gasteiger partial charge in [0.1, 0.15) is 5.82 Å². The third-order valence-electron chi connectivity index (χ3n) is 2.65. The minimum absolute atomic E-state index is 0. The normalized spacial score (nSPS) is 10.1. The lowest BCUT2D eigenvalue weighted by Gasteiger charge is -1.96. The van der Waals surface area contributed by atoms with Crippen LogP contribution in [0.15, 0.2) is 54.6 Å². The van der Waals surface area contributed by atoms with Crippen molar-refractivity contribution in [3.8, 4) is 0 Å². The maximum absolute atomic E-state index is 4.55. The average molecular weight is 245 g/mol. The molecule has 1 N–H and O–H groups in total. The van der Waals surface area contributed by atoms with Gasteiger partial charge in [0.2, 0.25) is 0 Å². The Balaban J connectivity index is 0.000000810. The van der Waals surface area contributed by atoms with E-state index >= 15 is 0 Å². The molecule has 0 fully saturated rings. The number of fused-ring (bicyclic) bond motifs is 1. The first kappa shape index (κ1) is 11.7. The van der Waals surface area contributed by atoms with E-state index in [1.54, 1.807) is 0 Å². The molecule has 3 aromatic rings. The van der Waals surface area contributed by atoms with Gasteiger partial charge in [0.25, 0.3) is 0 Å². The third kappa shape index (κ3) is 2.48. The molecule has 0 radical (unpaired) electrons. The summed E-state index contributed by atoms with van der Waals surface area (Å²) in [6, 6.07) is 18.5. The highest BCUT2D eigenvalue weighted by atomic mass is 35.5. The Labute approximate surface area is 108 Å². The van der Waals surface area contributed by atoms with Crippen LogP contribution in [0.4, 0.5) is 0 Å². The van der Waals surface area contributed by atoms with E-state index in [1.807, 2.05) is 24.3 Å². The predicted molar refractivity (Wildman–Crippen MR) is 66.5 cm³/mol. The number of hydrogen-bond acceptors (Lipinski definition) is 1. The van der Waals surface area contributed by atoms with Crippen molar-refractivity contribution < 1.29 is 13.8 Å². The minimum atomic E-state index is 0. The third-order valence-corrected chi connectivity index (χ3v) is 2.65. The Morgan fingerprint density at radius 3 is 2.41 bits per heavy atom. The van der Waals surface area contributed by atoms with Gasteiger partial charge in [0.15, 0.2) is 0 Å². The molecule has 0 aliphatic carbocycles. The first-order valence-electron chi connectivity index (χ1n) is 5.39. The number of rotatable bonds is 2. The fourth-order valence-corrected chi connectivity index (χ4v) is 1.88. The summed E-state index contributed by atoms with van der Waals surface area (Å²) in [6.45, 7) is 0. The lowest BCUT2D eigenvalue weighted by molar-refractivity contribution is -0.00000336. The summed E-state index contributed by atoms with van der Waals surface area (Å²) < 4.78 is 0. The van der Waals surface area contributed by atoms with Crippen molar-refractivity contribution in [1.82, 2.24) is 9.97 Å². The van der Waals surface area contributed by atoms with Crippen molar-refractivity contribution in [3.63, 3.8) is 0 Å². The van der Waals surface area contributed by atoms with E-state index in [9.17, 15) is 0 Å². The number of H-pyrrole nitrogens is 1. The Morgan fingerprint density at radius 1 is 0.941 bits per heavy atom. The van der Waals surface area contributed by atoms with Crippen LogP contribution in [-0.2, 0) is 6.42 Å². The van der Waals surface area contributed by atoms with Crippen molar-refractivity contribution in [1.29, 1.82) is 0 Å². The van der Waals surface area contributed by atoms with Gasteiger partial charge in [0.05, 0.1) is 11.0 Å². The number of aromatic amines is 1. The van der Waals surface area contributed by atoms with Crippen molar-refractivity contribution in [2.24, 2.45) is 0 Å². The molecule has 0 unspecified atom stereocenters. The first-order chi connectivity index (χ1) is 7.92. The molecular weight excluding hydrogens is 232 g/mol. The van der Waals surface area contributed by atoms with E-state index in [2.05, 4.69) is 40.3 Å². The number of benzene rings is 2. The fourth-order valence-electron chi connectivity index (χ4n) is 1.88. The molecule has 0 saturated heterocycles. The van der Waals surface area contributed by atoms with Crippen LogP contribution in [0, 0.1) is 0 Å². The smallest absolute Gasteiger partial charge is 1.00 e. The number of hydrogen-bond donors (Lipinski definition) is 1. The predicted octanol–water partition coefficient (Wildman–Crippen LogP) is 0.270. The van der Waals surface area contributed by atoms with Crippen LogP contribution in [0.2, 0.25) is 0 Å². The standard InChI is InChI=1S/C14H12N2.ClH/c1-2-6-11(7-3-1)10-14-15-12-8-4-5-9-13(12)16-14;/h1-9H,10H2,(H,15,16);1H. The molecule has 0 bridgehead atoms. The molecule has 0 aliphatic heterocycles. The lowest BCUT2D eigenvalue weighted by atomic mass is 10.1. The second-order valence-corrected chi connectivity index (χ2v) is 3.86. The van der Waals surface area contributed by atoms with Gasteiger partial charge in [-0.25, -0.2) is 4.98 Å². The van der Waals surface area contributed by atoms with E-state index in [1.165, 1.54) is 5.56 Å². The Kier molecular flexibility index (Phi) is 3.45. The van der Waals surface area contributed by atoms with Crippen LogP contribution in [0.3, 0.4) is 0 Å². The van der Waals surface area contributed by atoms with Crippen LogP contribution in [0.25, 0.3) is 11.0 Å². The number of para-hydroxylation sites is 2. The van der Waals surface area contributed by atoms with Crippen molar-refractivity contribution in [3.05, 3.63) is 66.0 Å². The van der Waals surface area contributed by atoms with E-state index in [0.29, 0.717) is 0 Å². The second-order valence-electron chi connectivity index (χ2n) is 3.86. The molecule has 3 rings (SSSR count). The van der Waals surface area contributed by atoms with Crippen LogP contribution in [0.1, 0.15) is 12.8 Å². The summed E-state index contributed by atoms with van der Waals surface area (Å²) >= 11 is 0. The number of nitrogens with one attached hydrogen (secondary N) is 1. The Bertz CT molecular complexity index is 574.